The minimum absolute atomic E-state index is 0.0736. The molecule has 0 atom stereocenters. The lowest BCUT2D eigenvalue weighted by atomic mass is 9.96. The number of benzene rings is 1. The molecule has 0 aliphatic rings. The Morgan fingerprint density at radius 3 is 2.67 bits per heavy atom. The summed E-state index contributed by atoms with van der Waals surface area (Å²) >= 11 is 0. The minimum Gasteiger partial charge on any atom is -0.339 e. The van der Waals surface area contributed by atoms with Gasteiger partial charge in [-0.1, -0.05) is 56.3 Å². The van der Waals surface area contributed by atoms with Gasteiger partial charge in [0.25, 0.3) is 0 Å². The molecule has 7 heteroatoms. The number of hydrogen-bond donors (Lipinski definition) is 1. The second-order valence-electron chi connectivity index (χ2n) is 7.55. The van der Waals surface area contributed by atoms with Crippen LogP contribution in [0.4, 0.5) is 5.82 Å². The number of anilines is 1. The Balaban J connectivity index is 1.44. The highest BCUT2D eigenvalue weighted by Gasteiger charge is 2.20. The van der Waals surface area contributed by atoms with Gasteiger partial charge in [0.2, 0.25) is 11.8 Å². The third-order valence-electron chi connectivity index (χ3n) is 4.03. The molecule has 7 nitrogen and oxygen atoms in total. The van der Waals surface area contributed by atoms with E-state index in [0.29, 0.717) is 43.3 Å². The summed E-state index contributed by atoms with van der Waals surface area (Å²) in [6, 6.07) is 11.9. The van der Waals surface area contributed by atoms with E-state index in [-0.39, 0.29) is 11.3 Å². The highest BCUT2D eigenvalue weighted by molar-refractivity contribution is 5.89. The number of nitrogens with zero attached hydrogens (tertiary/aromatic N) is 4. The van der Waals surface area contributed by atoms with Gasteiger partial charge in [-0.05, 0) is 12.0 Å². The van der Waals surface area contributed by atoms with Gasteiger partial charge in [0, 0.05) is 30.5 Å². The van der Waals surface area contributed by atoms with E-state index >= 15 is 0 Å². The molecule has 0 saturated heterocycles. The third-order valence-corrected chi connectivity index (χ3v) is 4.03. The van der Waals surface area contributed by atoms with E-state index in [4.69, 9.17) is 4.52 Å². The first-order valence-electron chi connectivity index (χ1n) is 9.10. The second kappa shape index (κ2) is 8.16. The first-order valence-corrected chi connectivity index (χ1v) is 9.10. The summed E-state index contributed by atoms with van der Waals surface area (Å²) in [6.07, 6.45) is 3.45. The molecule has 0 bridgehead atoms. The Bertz CT molecular complexity index is 877. The number of carbonyl (C=O) groups is 1. The lowest BCUT2D eigenvalue weighted by Crippen LogP contribution is -2.13. The van der Waals surface area contributed by atoms with Gasteiger partial charge in [0.05, 0.1) is 6.54 Å². The van der Waals surface area contributed by atoms with Gasteiger partial charge >= 0.3 is 0 Å². The molecule has 3 rings (SSSR count). The zero-order valence-corrected chi connectivity index (χ0v) is 16.0. The van der Waals surface area contributed by atoms with Crippen LogP contribution in [0.2, 0.25) is 0 Å². The summed E-state index contributed by atoms with van der Waals surface area (Å²) in [5, 5.41) is 11.2. The van der Waals surface area contributed by atoms with Crippen LogP contribution in [0.15, 0.2) is 47.1 Å². The molecule has 1 aromatic carbocycles. The Morgan fingerprint density at radius 2 is 1.96 bits per heavy atom. The molecule has 142 valence electrons. The third kappa shape index (κ3) is 5.51. The maximum atomic E-state index is 12.1. The van der Waals surface area contributed by atoms with E-state index in [1.54, 1.807) is 10.7 Å². The number of aromatic nitrogens is 4. The smallest absolute Gasteiger partial charge is 0.226 e. The van der Waals surface area contributed by atoms with Crippen LogP contribution in [0.5, 0.6) is 0 Å². The first-order chi connectivity index (χ1) is 12.9. The molecule has 0 aliphatic heterocycles. The molecular formula is C20H25N5O2. The fourth-order valence-corrected chi connectivity index (χ4v) is 2.55. The highest BCUT2D eigenvalue weighted by atomic mass is 16.5. The normalized spacial score (nSPS) is 11.5. The highest BCUT2D eigenvalue weighted by Crippen LogP contribution is 2.19. The largest absolute Gasteiger partial charge is 0.339 e. The lowest BCUT2D eigenvalue weighted by molar-refractivity contribution is -0.116. The molecule has 1 N–H and O–H groups in total. The van der Waals surface area contributed by atoms with Crippen LogP contribution in [0.1, 0.15) is 50.9 Å². The summed E-state index contributed by atoms with van der Waals surface area (Å²) < 4.78 is 7.05. The summed E-state index contributed by atoms with van der Waals surface area (Å²) in [5.74, 6) is 1.74. The molecule has 0 spiro atoms. The van der Waals surface area contributed by atoms with Crippen molar-refractivity contribution in [2.45, 2.75) is 52.0 Å². The average Bonchev–Trinajstić information content (AvgIpc) is 3.25. The van der Waals surface area contributed by atoms with Gasteiger partial charge in [-0.2, -0.15) is 10.1 Å². The van der Waals surface area contributed by atoms with E-state index in [2.05, 4.69) is 20.6 Å². The second-order valence-corrected chi connectivity index (χ2v) is 7.55. The van der Waals surface area contributed by atoms with Crippen molar-refractivity contribution in [3.63, 3.8) is 0 Å². The maximum Gasteiger partial charge on any atom is 0.226 e. The van der Waals surface area contributed by atoms with Gasteiger partial charge in [-0.25, -0.2) is 0 Å². The summed E-state index contributed by atoms with van der Waals surface area (Å²) in [6.45, 7) is 6.77. The number of aryl methyl sites for hydroxylation is 1. The molecular weight excluding hydrogens is 342 g/mol. The Kier molecular flexibility index (Phi) is 5.69. The lowest BCUT2D eigenvalue weighted by Gasteiger charge is -2.10. The van der Waals surface area contributed by atoms with E-state index in [1.807, 2.05) is 57.3 Å². The monoisotopic (exact) mass is 367 g/mol. The fourth-order valence-electron chi connectivity index (χ4n) is 2.55. The van der Waals surface area contributed by atoms with Crippen molar-refractivity contribution in [2.24, 2.45) is 0 Å². The van der Waals surface area contributed by atoms with Crippen LogP contribution >= 0.6 is 0 Å². The molecule has 0 aliphatic carbocycles. The van der Waals surface area contributed by atoms with E-state index in [9.17, 15) is 4.79 Å². The van der Waals surface area contributed by atoms with Crippen LogP contribution < -0.4 is 5.32 Å². The van der Waals surface area contributed by atoms with Crippen molar-refractivity contribution in [1.82, 2.24) is 19.9 Å². The van der Waals surface area contributed by atoms with Crippen molar-refractivity contribution in [3.8, 4) is 0 Å². The summed E-state index contributed by atoms with van der Waals surface area (Å²) in [4.78, 5) is 16.5. The van der Waals surface area contributed by atoms with Crippen molar-refractivity contribution in [2.75, 3.05) is 5.32 Å². The van der Waals surface area contributed by atoms with Crippen LogP contribution in [0.25, 0.3) is 0 Å². The molecule has 0 radical (unpaired) electrons. The molecule has 2 heterocycles. The van der Waals surface area contributed by atoms with Crippen LogP contribution in [-0.2, 0) is 23.2 Å². The van der Waals surface area contributed by atoms with Crippen molar-refractivity contribution in [3.05, 3.63) is 59.9 Å². The van der Waals surface area contributed by atoms with Gasteiger partial charge in [0.1, 0.15) is 0 Å². The number of carbonyl (C=O) groups excluding carboxylic acids is 1. The number of amides is 1. The zero-order chi connectivity index (χ0) is 19.3. The van der Waals surface area contributed by atoms with Gasteiger partial charge in [-0.3, -0.25) is 9.48 Å². The predicted molar refractivity (Wildman–Crippen MR) is 102 cm³/mol. The SMILES string of the molecule is CC(C)(C)c1noc(CCCC(=O)Nc2ccn(Cc3ccccc3)n2)n1. The Hall–Kier alpha value is -2.96. The maximum absolute atomic E-state index is 12.1. The molecule has 2 aromatic heterocycles. The standard InChI is InChI=1S/C20H25N5O2/c1-20(2,3)19-22-18(27-24-19)11-7-10-17(26)21-16-12-13-25(23-16)14-15-8-5-4-6-9-15/h4-6,8-9,12-13H,7,10-11,14H2,1-3H3,(H,21,23,26). The van der Waals surface area contributed by atoms with Gasteiger partial charge in [-0.15, -0.1) is 0 Å². The molecule has 1 amide bonds. The Morgan fingerprint density at radius 1 is 1.19 bits per heavy atom. The topological polar surface area (TPSA) is 85.8 Å². The number of nitrogens with one attached hydrogen (secondary N) is 1. The molecule has 27 heavy (non-hydrogen) atoms. The number of rotatable bonds is 7. The molecule has 3 aromatic rings. The van der Waals surface area contributed by atoms with E-state index < -0.39 is 0 Å². The average molecular weight is 367 g/mol. The first kappa shape index (κ1) is 18.8. The zero-order valence-electron chi connectivity index (χ0n) is 16.0. The minimum atomic E-state index is -0.141. The Labute approximate surface area is 158 Å². The number of hydrogen-bond acceptors (Lipinski definition) is 5. The van der Waals surface area contributed by atoms with Crippen LogP contribution in [0, 0.1) is 0 Å². The van der Waals surface area contributed by atoms with Gasteiger partial charge in [0.15, 0.2) is 11.6 Å². The van der Waals surface area contributed by atoms with Crippen LogP contribution in [-0.4, -0.2) is 25.8 Å². The predicted octanol–water partition coefficient (Wildman–Crippen LogP) is 3.57. The fraction of sp³-hybridized carbons (Fsp3) is 0.400. The quantitative estimate of drug-likeness (QED) is 0.690. The van der Waals surface area contributed by atoms with E-state index in [0.717, 1.165) is 5.56 Å². The molecule has 0 unspecified atom stereocenters. The van der Waals surface area contributed by atoms with Crippen molar-refractivity contribution >= 4 is 11.7 Å². The van der Waals surface area contributed by atoms with Crippen molar-refractivity contribution < 1.29 is 9.32 Å². The molecule has 0 fully saturated rings. The van der Waals surface area contributed by atoms with E-state index in [1.165, 1.54) is 0 Å². The summed E-state index contributed by atoms with van der Waals surface area (Å²) in [7, 11) is 0. The van der Waals surface area contributed by atoms with Gasteiger partial charge < -0.3 is 9.84 Å². The summed E-state index contributed by atoms with van der Waals surface area (Å²) in [5.41, 5.74) is 1.02. The molecule has 0 saturated carbocycles. The van der Waals surface area contributed by atoms with Crippen LogP contribution in [0.3, 0.4) is 0 Å². The van der Waals surface area contributed by atoms with Crippen molar-refractivity contribution in [1.29, 1.82) is 0 Å².